The van der Waals surface area contributed by atoms with Crippen LogP contribution >= 0.6 is 0 Å². The minimum Gasteiger partial charge on any atom is -0.220 e. The van der Waals surface area contributed by atoms with Crippen molar-refractivity contribution in [3.8, 4) is 0 Å². The first-order valence-corrected chi connectivity index (χ1v) is 10.6. The second kappa shape index (κ2) is 6.68. The second-order valence-corrected chi connectivity index (χ2v) is 10.3. The zero-order valence-corrected chi connectivity index (χ0v) is 16.1. The molecule has 0 aromatic heterocycles. The Hall–Kier alpha value is -2.06. The predicted molar refractivity (Wildman–Crippen MR) is 95.1 cm³/mol. The van der Waals surface area contributed by atoms with Gasteiger partial charge >= 0.3 is 0 Å². The van der Waals surface area contributed by atoms with Crippen molar-refractivity contribution in [3.63, 3.8) is 0 Å². The molecular weight excluding hydrogens is 360 g/mol. The van der Waals surface area contributed by atoms with E-state index in [9.17, 15) is 16.8 Å². The van der Waals surface area contributed by atoms with Gasteiger partial charge < -0.3 is 0 Å². The van der Waals surface area contributed by atoms with Crippen LogP contribution in [0, 0.1) is 33.2 Å². The van der Waals surface area contributed by atoms with Crippen molar-refractivity contribution in [1.82, 2.24) is 0 Å². The molecule has 0 fully saturated rings. The molecule has 0 saturated heterocycles. The van der Waals surface area contributed by atoms with Crippen LogP contribution in [0.2, 0.25) is 0 Å². The van der Waals surface area contributed by atoms with E-state index < -0.39 is 24.4 Å². The summed E-state index contributed by atoms with van der Waals surface area (Å²) in [6, 6.07) is 9.19. The summed E-state index contributed by atoms with van der Waals surface area (Å²) >= 11 is 0. The Morgan fingerprint density at radius 3 is 1.40 bits per heavy atom. The van der Waals surface area contributed by atoms with E-state index in [1.165, 1.54) is 12.1 Å². The minimum absolute atomic E-state index is 0.132. The quantitative estimate of drug-likeness (QED) is 0.802. The fraction of sp³-hybridized carbons (Fsp3) is 0.294. The largest absolute Gasteiger partial charge is 0.279 e. The van der Waals surface area contributed by atoms with Gasteiger partial charge in [0, 0.05) is 0 Å². The van der Waals surface area contributed by atoms with E-state index in [4.69, 9.17) is 5.53 Å². The van der Waals surface area contributed by atoms with Gasteiger partial charge in [-0.05, 0) is 51.0 Å². The zero-order chi connectivity index (χ0) is 19.0. The van der Waals surface area contributed by atoms with E-state index >= 15 is 0 Å². The maximum atomic E-state index is 12.9. The van der Waals surface area contributed by atoms with Crippen LogP contribution in [0.5, 0.6) is 0 Å². The Morgan fingerprint density at radius 2 is 1.12 bits per heavy atom. The van der Waals surface area contributed by atoms with E-state index in [0.29, 0.717) is 11.1 Å². The smallest absolute Gasteiger partial charge is 0.220 e. The van der Waals surface area contributed by atoms with E-state index in [1.54, 1.807) is 38.1 Å². The molecule has 0 spiro atoms. The molecule has 0 bridgehead atoms. The molecule has 0 aliphatic rings. The van der Waals surface area contributed by atoms with Crippen molar-refractivity contribution in [2.45, 2.75) is 42.2 Å². The number of hydrogen-bond donors (Lipinski definition) is 1. The van der Waals surface area contributed by atoms with Gasteiger partial charge in [0.15, 0.2) is 0 Å². The van der Waals surface area contributed by atoms with Crippen LogP contribution in [0.1, 0.15) is 22.3 Å². The van der Waals surface area contributed by atoms with Crippen molar-refractivity contribution in [2.24, 2.45) is 5.11 Å². The molecule has 0 radical (unpaired) electrons. The third-order valence-corrected chi connectivity index (χ3v) is 8.85. The highest BCUT2D eigenvalue weighted by atomic mass is 32.3. The Balaban J connectivity index is 2.67. The lowest BCUT2D eigenvalue weighted by atomic mass is 10.2. The molecule has 0 aliphatic carbocycles. The maximum Gasteiger partial charge on any atom is 0.279 e. The molecule has 1 N–H and O–H groups in total. The highest BCUT2D eigenvalue weighted by Crippen LogP contribution is 2.30. The van der Waals surface area contributed by atoms with Gasteiger partial charge in [-0.2, -0.15) is 5.11 Å². The van der Waals surface area contributed by atoms with E-state index in [0.717, 1.165) is 11.1 Å². The molecule has 8 heteroatoms. The molecule has 0 amide bonds. The average Bonchev–Trinajstić information content (AvgIpc) is 2.46. The summed E-state index contributed by atoms with van der Waals surface area (Å²) in [6.45, 7) is 6.79. The maximum absolute atomic E-state index is 12.9. The molecule has 0 atom stereocenters. The summed E-state index contributed by atoms with van der Waals surface area (Å²) in [7, 11) is -8.75. The van der Waals surface area contributed by atoms with E-state index in [1.807, 2.05) is 13.8 Å². The number of hydrogen-bond acceptors (Lipinski definition) is 6. The molecule has 0 saturated carbocycles. The van der Waals surface area contributed by atoms with Gasteiger partial charge in [-0.15, -0.1) is 0 Å². The van der Waals surface area contributed by atoms with Crippen molar-refractivity contribution in [3.05, 3.63) is 58.7 Å². The third kappa shape index (κ3) is 3.50. The first-order chi connectivity index (χ1) is 11.5. The normalized spacial score (nSPS) is 12.4. The number of rotatable bonds is 5. The molecule has 25 heavy (non-hydrogen) atoms. The predicted octanol–water partition coefficient (Wildman–Crippen LogP) is 3.48. The SMILES string of the molecule is Cc1ccc(S(=O)(=O)C(N=N)S(=O)(=O)c2ccc(C)cc2C)c(C)c1. The Labute approximate surface area is 148 Å². The lowest BCUT2D eigenvalue weighted by molar-refractivity contribution is 0.571. The van der Waals surface area contributed by atoms with Gasteiger partial charge in [0.2, 0.25) is 19.7 Å². The minimum atomic E-state index is -4.37. The van der Waals surface area contributed by atoms with Gasteiger partial charge in [-0.3, -0.25) is 0 Å². The van der Waals surface area contributed by atoms with Gasteiger partial charge in [0.05, 0.1) is 9.79 Å². The molecule has 2 rings (SSSR count). The summed E-state index contributed by atoms with van der Waals surface area (Å²) < 4.78 is 49.4. The highest BCUT2D eigenvalue weighted by Gasteiger charge is 2.41. The van der Waals surface area contributed by atoms with Crippen LogP contribution in [-0.4, -0.2) is 21.5 Å². The van der Waals surface area contributed by atoms with E-state index in [-0.39, 0.29) is 9.79 Å². The highest BCUT2D eigenvalue weighted by molar-refractivity contribution is 8.09. The fourth-order valence-electron chi connectivity index (χ4n) is 2.76. The van der Waals surface area contributed by atoms with Gasteiger partial charge in [-0.25, -0.2) is 22.4 Å². The first-order valence-electron chi connectivity index (χ1n) is 7.50. The van der Waals surface area contributed by atoms with Gasteiger partial charge in [-0.1, -0.05) is 35.4 Å². The fourth-order valence-corrected chi connectivity index (χ4v) is 6.96. The van der Waals surface area contributed by atoms with Crippen LogP contribution in [0.3, 0.4) is 0 Å². The summed E-state index contributed by atoms with van der Waals surface area (Å²) in [5.41, 5.74) is 9.81. The van der Waals surface area contributed by atoms with Crippen molar-refractivity contribution >= 4 is 19.7 Å². The third-order valence-electron chi connectivity index (χ3n) is 3.91. The summed E-state index contributed by atoms with van der Waals surface area (Å²) in [5.74, 6) is 0. The number of nitrogens with zero attached hydrogens (tertiary/aromatic N) is 1. The zero-order valence-electron chi connectivity index (χ0n) is 14.4. The number of nitrogens with one attached hydrogen (secondary N) is 1. The summed E-state index contributed by atoms with van der Waals surface area (Å²) in [6.07, 6.45) is 0. The molecule has 2 aromatic carbocycles. The number of aryl methyl sites for hydroxylation is 4. The molecule has 134 valence electrons. The second-order valence-electron chi connectivity index (χ2n) is 6.06. The summed E-state index contributed by atoms with van der Waals surface area (Å²) in [4.78, 5) is -0.264. The van der Waals surface area contributed by atoms with Crippen LogP contribution < -0.4 is 0 Å². The monoisotopic (exact) mass is 380 g/mol. The molecule has 0 unspecified atom stereocenters. The molecule has 6 nitrogen and oxygen atoms in total. The lowest BCUT2D eigenvalue weighted by Gasteiger charge is -2.16. The van der Waals surface area contributed by atoms with Crippen LogP contribution in [-0.2, 0) is 19.7 Å². The van der Waals surface area contributed by atoms with Crippen molar-refractivity contribution in [1.29, 1.82) is 5.53 Å². The topological polar surface area (TPSA) is 104 Å². The Kier molecular flexibility index (Phi) is 5.15. The van der Waals surface area contributed by atoms with Gasteiger partial charge in [0.1, 0.15) is 0 Å². The van der Waals surface area contributed by atoms with Crippen LogP contribution in [0.25, 0.3) is 0 Å². The number of benzene rings is 2. The number of sulfone groups is 2. The standard InChI is InChI=1S/C17H20N2O4S2/c1-11-5-7-15(13(3)9-11)24(20,21)17(19-18)25(22,23)16-8-6-12(2)10-14(16)4/h5-10,17-18H,1-4H3. The van der Waals surface area contributed by atoms with Crippen molar-refractivity contribution in [2.75, 3.05) is 0 Å². The van der Waals surface area contributed by atoms with Crippen LogP contribution in [0.15, 0.2) is 51.3 Å². The summed E-state index contributed by atoms with van der Waals surface area (Å²) in [5, 5.41) is 2.99. The first kappa shape index (κ1) is 19.3. The molecule has 0 aliphatic heterocycles. The van der Waals surface area contributed by atoms with Gasteiger partial charge in [0.25, 0.3) is 4.71 Å². The Bertz CT molecular complexity index is 961. The Morgan fingerprint density at radius 1 is 0.760 bits per heavy atom. The molecule has 2 aromatic rings. The van der Waals surface area contributed by atoms with E-state index in [2.05, 4.69) is 5.11 Å². The average molecular weight is 380 g/mol. The van der Waals surface area contributed by atoms with Crippen molar-refractivity contribution < 1.29 is 16.8 Å². The molecular formula is C17H20N2O4S2. The molecule has 0 heterocycles. The van der Waals surface area contributed by atoms with Crippen LogP contribution in [0.4, 0.5) is 0 Å². The lowest BCUT2D eigenvalue weighted by Crippen LogP contribution is -2.29.